The number of rotatable bonds is 47. The van der Waals surface area contributed by atoms with Gasteiger partial charge < -0.3 is 27.9 Å². The van der Waals surface area contributed by atoms with E-state index in [2.05, 4.69) is 111 Å². The van der Waals surface area contributed by atoms with E-state index in [1.54, 1.807) is 0 Å². The summed E-state index contributed by atoms with van der Waals surface area (Å²) < 4.78 is 34.7. The first-order chi connectivity index (χ1) is 31.6. The second kappa shape index (κ2) is 47.9. The summed E-state index contributed by atoms with van der Waals surface area (Å²) in [4.78, 5) is 25.2. The molecule has 0 amide bonds. The van der Waals surface area contributed by atoms with Crippen LogP contribution in [0, 0.1) is 0 Å². The Morgan fingerprint density at radius 1 is 0.492 bits per heavy atom. The minimum atomic E-state index is -4.55. The lowest BCUT2D eigenvalue weighted by atomic mass is 10.1. The van der Waals surface area contributed by atoms with Crippen molar-refractivity contribution in [3.8, 4) is 0 Å². The van der Waals surface area contributed by atoms with Gasteiger partial charge in [0.15, 0.2) is 0 Å². The van der Waals surface area contributed by atoms with Gasteiger partial charge in [0.1, 0.15) is 19.3 Å². The number of esters is 1. The molecule has 0 aromatic carbocycles. The van der Waals surface area contributed by atoms with Crippen molar-refractivity contribution in [2.24, 2.45) is 0 Å². The van der Waals surface area contributed by atoms with Gasteiger partial charge in [-0.3, -0.25) is 9.36 Å². The summed E-state index contributed by atoms with van der Waals surface area (Å²) in [6, 6.07) is 0. The number of likely N-dealkylation sites (N-methyl/N-ethyl adjacent to an activating group) is 1. The summed E-state index contributed by atoms with van der Waals surface area (Å²) in [5.41, 5.74) is 0. The molecule has 65 heavy (non-hydrogen) atoms. The molecule has 0 aromatic rings. The predicted molar refractivity (Wildman–Crippen MR) is 277 cm³/mol. The van der Waals surface area contributed by atoms with E-state index < -0.39 is 13.9 Å². The molecule has 0 aliphatic rings. The largest absolute Gasteiger partial charge is 0.756 e. The Balaban J connectivity index is 4.22. The van der Waals surface area contributed by atoms with Crippen LogP contribution in [0.5, 0.6) is 0 Å². The second-order valence-corrected chi connectivity index (χ2v) is 19.6. The monoisotopic (exact) mass is 928 g/mol. The summed E-state index contributed by atoms with van der Waals surface area (Å²) in [6.07, 6.45) is 65.7. The molecule has 0 N–H and O–H groups in total. The van der Waals surface area contributed by atoms with Crippen LogP contribution in [0.3, 0.4) is 0 Å². The van der Waals surface area contributed by atoms with Crippen molar-refractivity contribution in [2.45, 2.75) is 200 Å². The molecule has 0 saturated carbocycles. The maximum absolute atomic E-state index is 12.8. The number of carbonyl (C=O) groups excluding carboxylic acids is 1. The Morgan fingerprint density at radius 3 is 1.34 bits per heavy atom. The number of hydrogen-bond donors (Lipinski definition) is 0. The average molecular weight is 928 g/mol. The fourth-order valence-electron chi connectivity index (χ4n) is 6.64. The normalized spacial score (nSPS) is 14.4. The molecule has 0 aliphatic carbocycles. The molecule has 0 rings (SSSR count). The van der Waals surface area contributed by atoms with Crippen molar-refractivity contribution >= 4 is 13.8 Å². The number of carbonyl (C=O) groups is 1. The molecule has 0 saturated heterocycles. The topological polar surface area (TPSA) is 94.1 Å². The molecule has 0 spiro atoms. The Kier molecular flexibility index (Phi) is 46.0. The highest BCUT2D eigenvalue weighted by Crippen LogP contribution is 2.38. The molecule has 2 unspecified atom stereocenters. The van der Waals surface area contributed by atoms with E-state index in [4.69, 9.17) is 18.5 Å². The van der Waals surface area contributed by atoms with Crippen molar-refractivity contribution in [3.05, 3.63) is 97.2 Å². The number of nitrogens with zero attached hydrogens (tertiary/aromatic N) is 1. The third-order valence-corrected chi connectivity index (χ3v) is 11.6. The highest BCUT2D eigenvalue weighted by atomic mass is 31.2. The van der Waals surface area contributed by atoms with Gasteiger partial charge in [-0.15, -0.1) is 0 Å². The lowest BCUT2D eigenvalue weighted by Crippen LogP contribution is -2.37. The highest BCUT2D eigenvalue weighted by Gasteiger charge is 2.20. The summed E-state index contributed by atoms with van der Waals surface area (Å²) in [5, 5.41) is 0. The SMILES string of the molecule is CC/C=C\C/C=C\C/C=C\C/C=C\C/C=C\C/C=C\CCCCCCCOCC(COP(=O)([O-])OCC[N+](C)(C)C)OC(=O)CCCCCCCCCCC/C=C\C/C=C\CCCCC. The number of ether oxygens (including phenoxy) is 2. The zero-order chi connectivity index (χ0) is 47.6. The molecule has 0 radical (unpaired) electrons. The molecule has 0 fully saturated rings. The van der Waals surface area contributed by atoms with Crippen LogP contribution >= 0.6 is 7.82 Å². The van der Waals surface area contributed by atoms with Crippen LogP contribution in [0.25, 0.3) is 0 Å². The van der Waals surface area contributed by atoms with Crippen LogP contribution in [0.2, 0.25) is 0 Å². The number of hydrogen-bond acceptors (Lipinski definition) is 7. The van der Waals surface area contributed by atoms with Gasteiger partial charge in [0.25, 0.3) is 7.82 Å². The lowest BCUT2D eigenvalue weighted by molar-refractivity contribution is -0.870. The van der Waals surface area contributed by atoms with Crippen LogP contribution < -0.4 is 4.89 Å². The van der Waals surface area contributed by atoms with Gasteiger partial charge in [-0.05, 0) is 96.3 Å². The number of quaternary nitrogens is 1. The molecule has 0 heterocycles. The van der Waals surface area contributed by atoms with E-state index in [9.17, 15) is 14.3 Å². The molecule has 0 aliphatic heterocycles. The summed E-state index contributed by atoms with van der Waals surface area (Å²) in [6.45, 7) is 5.21. The van der Waals surface area contributed by atoms with Gasteiger partial charge >= 0.3 is 5.97 Å². The van der Waals surface area contributed by atoms with Crippen LogP contribution in [0.15, 0.2) is 97.2 Å². The first-order valence-corrected chi connectivity index (χ1v) is 27.4. The Labute approximate surface area is 400 Å². The van der Waals surface area contributed by atoms with E-state index >= 15 is 0 Å². The standard InChI is InChI=1S/C56H98NO7P/c1-6-8-10-12-14-16-18-20-22-24-26-27-28-29-30-32-34-36-38-40-42-44-46-48-51-61-53-55(54-63-65(59,60)62-52-50-57(3,4)5)64-56(58)49-47-45-43-41-39-37-35-33-31-25-23-21-19-17-15-13-11-9-7-2/h8,10,14-17,20-23,26-27,29-30,34,36,55H,6-7,9,11-13,18-19,24-25,28,31-33,35,37-54H2,1-5H3/b10-8-,16-14-,17-15-,22-20-,23-21-,27-26-,30-29-,36-34-. The number of unbranched alkanes of at least 4 members (excludes halogenated alkanes) is 17. The van der Waals surface area contributed by atoms with Crippen LogP contribution in [-0.4, -0.2) is 70.7 Å². The maximum atomic E-state index is 12.8. The minimum absolute atomic E-state index is 0.0157. The van der Waals surface area contributed by atoms with E-state index in [1.807, 2.05) is 21.1 Å². The molecule has 0 aromatic heterocycles. The Hall–Kier alpha value is -2.58. The molecular formula is C56H98NO7P. The Morgan fingerprint density at radius 2 is 0.892 bits per heavy atom. The summed E-state index contributed by atoms with van der Waals surface area (Å²) in [5.74, 6) is -0.349. The van der Waals surface area contributed by atoms with Crippen molar-refractivity contribution < 1.29 is 37.3 Å². The van der Waals surface area contributed by atoms with Crippen LogP contribution in [-0.2, 0) is 27.9 Å². The van der Waals surface area contributed by atoms with Gasteiger partial charge in [-0.1, -0.05) is 188 Å². The summed E-state index contributed by atoms with van der Waals surface area (Å²) >= 11 is 0. The third-order valence-electron chi connectivity index (χ3n) is 10.6. The number of phosphoric ester groups is 1. The lowest BCUT2D eigenvalue weighted by Gasteiger charge is -2.28. The van der Waals surface area contributed by atoms with E-state index in [0.29, 0.717) is 24.1 Å². The minimum Gasteiger partial charge on any atom is -0.756 e. The third kappa shape index (κ3) is 52.3. The molecule has 374 valence electrons. The zero-order valence-electron chi connectivity index (χ0n) is 42.4. The second-order valence-electron chi connectivity index (χ2n) is 18.1. The smallest absolute Gasteiger partial charge is 0.306 e. The fraction of sp³-hybridized carbons (Fsp3) is 0.696. The van der Waals surface area contributed by atoms with E-state index in [-0.39, 0.29) is 25.8 Å². The van der Waals surface area contributed by atoms with Gasteiger partial charge in [0.05, 0.1) is 34.4 Å². The van der Waals surface area contributed by atoms with Gasteiger partial charge in [-0.25, -0.2) is 0 Å². The first-order valence-electron chi connectivity index (χ1n) is 26.0. The number of allylic oxidation sites excluding steroid dienone is 16. The molecule has 0 bridgehead atoms. The zero-order valence-corrected chi connectivity index (χ0v) is 43.3. The molecule has 8 nitrogen and oxygen atoms in total. The summed E-state index contributed by atoms with van der Waals surface area (Å²) in [7, 11) is 1.33. The van der Waals surface area contributed by atoms with E-state index in [1.165, 1.54) is 83.5 Å². The number of phosphoric acid groups is 1. The Bertz CT molecular complexity index is 1360. The van der Waals surface area contributed by atoms with Crippen LogP contribution in [0.4, 0.5) is 0 Å². The predicted octanol–water partition coefficient (Wildman–Crippen LogP) is 15.5. The van der Waals surface area contributed by atoms with Crippen LogP contribution in [0.1, 0.15) is 194 Å². The molecule has 9 heteroatoms. The highest BCUT2D eigenvalue weighted by molar-refractivity contribution is 7.45. The van der Waals surface area contributed by atoms with Gasteiger partial charge in [-0.2, -0.15) is 0 Å². The van der Waals surface area contributed by atoms with Crippen molar-refractivity contribution in [3.63, 3.8) is 0 Å². The van der Waals surface area contributed by atoms with Crippen molar-refractivity contribution in [1.82, 2.24) is 0 Å². The fourth-order valence-corrected chi connectivity index (χ4v) is 7.37. The molecule has 2 atom stereocenters. The first kappa shape index (κ1) is 62.4. The van der Waals surface area contributed by atoms with E-state index in [0.717, 1.165) is 89.9 Å². The van der Waals surface area contributed by atoms with Crippen molar-refractivity contribution in [1.29, 1.82) is 0 Å². The van der Waals surface area contributed by atoms with Gasteiger partial charge in [0, 0.05) is 13.0 Å². The molecular weight excluding hydrogens is 830 g/mol. The average Bonchev–Trinajstić information content (AvgIpc) is 3.27. The quantitative estimate of drug-likeness (QED) is 0.0197. The maximum Gasteiger partial charge on any atom is 0.306 e. The van der Waals surface area contributed by atoms with Gasteiger partial charge in [0.2, 0.25) is 0 Å². The van der Waals surface area contributed by atoms with Crippen molar-refractivity contribution in [2.75, 3.05) is 54.1 Å².